The molecule has 0 spiro atoms. The Bertz CT molecular complexity index is 3120. The normalized spacial score (nSPS) is 27.8. The summed E-state index contributed by atoms with van der Waals surface area (Å²) in [6.07, 6.45) is -11.9. The van der Waals surface area contributed by atoms with Crippen molar-refractivity contribution in [1.82, 2.24) is 60.6 Å². The predicted octanol–water partition coefficient (Wildman–Crippen LogP) is 7.10. The average Bonchev–Trinajstić information content (AvgIpc) is 4.10. The Balaban J connectivity index is 0.000000179. The largest absolute Gasteiger partial charge is 0.390 e. The standard InChI is InChI=1S/C27H32F3N7O3S.C24H28F3N7O3S/c1-4-31-24(38)16-13-18(21-20(16)39-26(2,3)40-21)37-23-19(35-36-37)22(33-25(34-23)41-11-10-27(28,29)30)32-17-12-15(17)14-8-6-5-7-9-14;1-2-28-22(37)14-11-16(19(36)18(14)35)34-21-17(32-33-34)20(30-23(31-21)38-9-8-24(25,26)27)29-15-10-13(15)12-6-4-3-5-7-12/h5-9,15-18,20-21H,4,10-13H2,1-3H3,(H,31,38)(H,32,33,34);3-7,13-16,18-19,35-36H,2,8-11H2,1H3,(H,28,37)(H,29,30,31)/t15?,16?,17?,18-,20-,21+;13?,14-,15?,16+,18+,19-/m00/s1. The zero-order valence-corrected chi connectivity index (χ0v) is 45.0. The van der Waals surface area contributed by atoms with Crippen LogP contribution in [0.5, 0.6) is 0 Å². The third-order valence-corrected chi connectivity index (χ3v) is 16.3. The maximum Gasteiger partial charge on any atom is 0.389 e. The fraction of sp³-hybridized carbons (Fsp3) is 0.569. The van der Waals surface area contributed by atoms with Crippen LogP contribution in [0.3, 0.4) is 0 Å². The quantitative estimate of drug-likeness (QED) is 0.0285. The molecule has 5 aliphatic rings. The highest BCUT2D eigenvalue weighted by Crippen LogP contribution is 2.49. The van der Waals surface area contributed by atoms with Crippen LogP contribution < -0.4 is 21.3 Å². The highest BCUT2D eigenvalue weighted by molar-refractivity contribution is 7.99. The van der Waals surface area contributed by atoms with E-state index in [1.807, 2.05) is 55.5 Å². The van der Waals surface area contributed by atoms with Crippen LogP contribution in [0.1, 0.15) is 101 Å². The zero-order valence-electron chi connectivity index (χ0n) is 43.4. The Kier molecular flexibility index (Phi) is 16.3. The molecule has 424 valence electrons. The van der Waals surface area contributed by atoms with Crippen molar-refractivity contribution >= 4 is 69.3 Å². The SMILES string of the molecule is CCNC(=O)C1C[C@H](n2nnc3c(NC4CC4c4ccccc4)nc(SCCC(F)(F)F)nc32)[C@H]2OC(C)(C)O[C@@H]12.CCNC(=O)[C@H]1C[C@@H](n2nnc3c(NC4CC4c4ccccc4)nc(SCCC(F)(F)F)nc32)[C@H](O)[C@@H]1O. The van der Waals surface area contributed by atoms with E-state index < -0.39 is 79.3 Å². The van der Waals surface area contributed by atoms with Crippen molar-refractivity contribution in [1.29, 1.82) is 0 Å². The number of anilines is 2. The van der Waals surface area contributed by atoms with Crippen LogP contribution in [0.15, 0.2) is 71.0 Å². The maximum absolute atomic E-state index is 12.9. The van der Waals surface area contributed by atoms with Gasteiger partial charge in [-0.1, -0.05) is 94.6 Å². The molecule has 2 aromatic carbocycles. The summed E-state index contributed by atoms with van der Waals surface area (Å²) in [5.41, 5.74) is 3.67. The Labute approximate surface area is 457 Å². The number of hydrogen-bond acceptors (Lipinski definition) is 18. The number of carbonyl (C=O) groups is 2. The van der Waals surface area contributed by atoms with E-state index in [4.69, 9.17) is 9.47 Å². The molecule has 0 radical (unpaired) electrons. The van der Waals surface area contributed by atoms with E-state index >= 15 is 0 Å². The molecule has 5 fully saturated rings. The molecule has 1 saturated heterocycles. The molecule has 5 unspecified atom stereocenters. The number of alkyl halides is 6. The molecule has 79 heavy (non-hydrogen) atoms. The average molecular weight is 1140 g/mol. The first-order valence-electron chi connectivity index (χ1n) is 26.2. The van der Waals surface area contributed by atoms with Crippen LogP contribution in [0, 0.1) is 11.8 Å². The molecule has 6 aromatic rings. The van der Waals surface area contributed by atoms with Crippen LogP contribution in [-0.4, -0.2) is 151 Å². The number of fused-ring (bicyclic) bond motifs is 3. The van der Waals surface area contributed by atoms with E-state index in [1.54, 1.807) is 25.5 Å². The van der Waals surface area contributed by atoms with Gasteiger partial charge in [0.15, 0.2) is 50.1 Å². The van der Waals surface area contributed by atoms with Crippen molar-refractivity contribution in [3.8, 4) is 0 Å². The van der Waals surface area contributed by atoms with Gasteiger partial charge >= 0.3 is 12.4 Å². The van der Waals surface area contributed by atoms with Gasteiger partial charge in [-0.25, -0.2) is 29.3 Å². The predicted molar refractivity (Wildman–Crippen MR) is 279 cm³/mol. The van der Waals surface area contributed by atoms with Crippen molar-refractivity contribution < 1.29 is 55.6 Å². The fourth-order valence-electron chi connectivity index (χ4n) is 10.7. The summed E-state index contributed by atoms with van der Waals surface area (Å²) in [5, 5.41) is 51.1. The minimum atomic E-state index is -4.31. The number of hydrogen-bond donors (Lipinski definition) is 6. The van der Waals surface area contributed by atoms with Gasteiger partial charge in [-0.2, -0.15) is 26.3 Å². The van der Waals surface area contributed by atoms with Gasteiger partial charge in [0.2, 0.25) is 11.8 Å². The maximum atomic E-state index is 12.9. The first kappa shape index (κ1) is 56.3. The topological polar surface area (TPSA) is 254 Å². The van der Waals surface area contributed by atoms with Gasteiger partial charge in [0.25, 0.3) is 0 Å². The van der Waals surface area contributed by atoms with Crippen LogP contribution >= 0.6 is 23.5 Å². The molecule has 0 bridgehead atoms. The molecule has 4 saturated carbocycles. The second-order valence-corrected chi connectivity index (χ2v) is 22.8. The molecule has 4 aromatic heterocycles. The van der Waals surface area contributed by atoms with E-state index in [-0.39, 0.29) is 69.6 Å². The molecule has 6 N–H and O–H groups in total. The number of aliphatic hydroxyl groups is 2. The summed E-state index contributed by atoms with van der Waals surface area (Å²) >= 11 is 1.80. The number of nitrogens with one attached hydrogen (secondary N) is 4. The van der Waals surface area contributed by atoms with Crippen LogP contribution in [0.25, 0.3) is 22.3 Å². The van der Waals surface area contributed by atoms with E-state index in [0.29, 0.717) is 47.8 Å². The lowest BCUT2D eigenvalue weighted by Gasteiger charge is -2.23. The van der Waals surface area contributed by atoms with Gasteiger partial charge in [-0.3, -0.25) is 9.59 Å². The fourth-order valence-corrected chi connectivity index (χ4v) is 12.3. The molecular formula is C51H60F6N14O6S2. The van der Waals surface area contributed by atoms with Crippen LogP contribution in [-0.2, 0) is 19.1 Å². The summed E-state index contributed by atoms with van der Waals surface area (Å²) in [7, 11) is 0. The van der Waals surface area contributed by atoms with Gasteiger partial charge in [0, 0.05) is 48.5 Å². The lowest BCUT2D eigenvalue weighted by molar-refractivity contribution is -0.163. The number of amides is 2. The molecular weight excluding hydrogens is 1080 g/mol. The lowest BCUT2D eigenvalue weighted by Crippen LogP contribution is -2.38. The van der Waals surface area contributed by atoms with Gasteiger partial charge in [-0.05, 0) is 64.5 Å². The van der Waals surface area contributed by atoms with Crippen LogP contribution in [0.2, 0.25) is 0 Å². The van der Waals surface area contributed by atoms with E-state index in [1.165, 1.54) is 10.2 Å². The number of halogens is 6. The Hall–Kier alpha value is -5.94. The number of nitrogens with zero attached hydrogens (tertiary/aromatic N) is 10. The first-order valence-corrected chi connectivity index (χ1v) is 28.2. The highest BCUT2D eigenvalue weighted by Gasteiger charge is 2.57. The monoisotopic (exact) mass is 1140 g/mol. The molecule has 28 heteroatoms. The summed E-state index contributed by atoms with van der Waals surface area (Å²) in [6, 6.07) is 19.0. The molecule has 20 nitrogen and oxygen atoms in total. The van der Waals surface area contributed by atoms with Crippen molar-refractivity contribution in [2.75, 3.05) is 35.2 Å². The Morgan fingerprint density at radius 1 is 0.633 bits per heavy atom. The smallest absolute Gasteiger partial charge is 0.389 e. The molecule has 4 aliphatic carbocycles. The number of benzene rings is 2. The molecule has 12 atom stereocenters. The minimum absolute atomic E-state index is 0.0506. The summed E-state index contributed by atoms with van der Waals surface area (Å²) in [6.45, 7) is 8.07. The van der Waals surface area contributed by atoms with E-state index in [2.05, 4.69) is 74.0 Å². The van der Waals surface area contributed by atoms with E-state index in [9.17, 15) is 46.1 Å². The van der Waals surface area contributed by atoms with Crippen molar-refractivity contribution in [2.24, 2.45) is 11.8 Å². The van der Waals surface area contributed by atoms with Gasteiger partial charge in [0.05, 0.1) is 42.9 Å². The first-order chi connectivity index (χ1) is 37.7. The minimum Gasteiger partial charge on any atom is -0.390 e. The molecule has 5 heterocycles. The summed E-state index contributed by atoms with van der Waals surface area (Å²) < 4.78 is 92.3. The Morgan fingerprint density at radius 3 is 1.54 bits per heavy atom. The number of ether oxygens (including phenoxy) is 2. The second-order valence-electron chi connectivity index (χ2n) is 20.7. The van der Waals surface area contributed by atoms with Gasteiger partial charge in [0.1, 0.15) is 18.3 Å². The summed E-state index contributed by atoms with van der Waals surface area (Å²) in [4.78, 5) is 43.4. The summed E-state index contributed by atoms with van der Waals surface area (Å²) in [5.74, 6) is -1.90. The number of thioether (sulfide) groups is 2. The number of aromatic nitrogens is 10. The molecule has 1 aliphatic heterocycles. The lowest BCUT2D eigenvalue weighted by atomic mass is 10.0. The highest BCUT2D eigenvalue weighted by atomic mass is 32.2. The van der Waals surface area contributed by atoms with Crippen molar-refractivity contribution in [3.63, 3.8) is 0 Å². The third kappa shape index (κ3) is 12.8. The van der Waals surface area contributed by atoms with Crippen LogP contribution in [0.4, 0.5) is 38.0 Å². The molecule has 2 amide bonds. The van der Waals surface area contributed by atoms with Crippen molar-refractivity contribution in [2.45, 2.75) is 155 Å². The zero-order chi connectivity index (χ0) is 56.0. The third-order valence-electron chi connectivity index (χ3n) is 14.6. The van der Waals surface area contributed by atoms with E-state index in [0.717, 1.165) is 41.9 Å². The number of carbonyl (C=O) groups excluding carboxylic acids is 2. The van der Waals surface area contributed by atoms with Gasteiger partial charge in [-0.15, -0.1) is 10.2 Å². The number of rotatable bonds is 18. The van der Waals surface area contributed by atoms with Crippen molar-refractivity contribution in [3.05, 3.63) is 71.8 Å². The number of aliphatic hydroxyl groups excluding tert-OH is 2. The van der Waals surface area contributed by atoms with Gasteiger partial charge < -0.3 is 41.0 Å². The molecule has 11 rings (SSSR count). The second kappa shape index (κ2) is 22.9. The Morgan fingerprint density at radius 2 is 1.08 bits per heavy atom.